The number of ether oxygens (including phenoxy) is 1. The first-order chi connectivity index (χ1) is 10.2. The van der Waals surface area contributed by atoms with Crippen LogP contribution in [0.4, 0.5) is 10.5 Å². The molecule has 1 saturated heterocycles. The zero-order valence-electron chi connectivity index (χ0n) is 13.0. The molecule has 2 atom stereocenters. The maximum atomic E-state index is 11.9. The van der Waals surface area contributed by atoms with Gasteiger partial charge >= 0.3 is 12.1 Å². The zero-order valence-corrected chi connectivity index (χ0v) is 13.9. The number of carbonyl (C=O) groups is 2. The molecule has 7 heteroatoms. The van der Waals surface area contributed by atoms with E-state index in [9.17, 15) is 14.7 Å². The van der Waals surface area contributed by atoms with Crippen molar-refractivity contribution in [2.24, 2.45) is 5.92 Å². The molecule has 0 spiro atoms. The number of thiophene rings is 1. The van der Waals surface area contributed by atoms with Gasteiger partial charge in [-0.25, -0.2) is 4.79 Å². The SMILES string of the molecule is CC(C)(C)OC(=O)NC1CC(C(=O)O)CN(c2ccsc2)C1. The summed E-state index contributed by atoms with van der Waals surface area (Å²) in [5.41, 5.74) is 0.421. The second kappa shape index (κ2) is 6.56. The van der Waals surface area contributed by atoms with Crippen LogP contribution in [0.3, 0.4) is 0 Å². The molecule has 1 aliphatic rings. The standard InChI is InChI=1S/C15H22N2O4S/c1-15(2,3)21-14(20)16-11-6-10(13(18)19)7-17(8-11)12-4-5-22-9-12/h4-5,9-11H,6-8H2,1-3H3,(H,16,20)(H,18,19). The van der Waals surface area contributed by atoms with Gasteiger partial charge in [0, 0.05) is 24.2 Å². The number of amides is 1. The van der Waals surface area contributed by atoms with Crippen molar-refractivity contribution in [2.45, 2.75) is 38.8 Å². The van der Waals surface area contributed by atoms with E-state index in [2.05, 4.69) is 5.32 Å². The number of piperidine rings is 1. The van der Waals surface area contributed by atoms with Gasteiger partial charge in [-0.1, -0.05) is 0 Å². The molecule has 0 aromatic carbocycles. The van der Waals surface area contributed by atoms with E-state index in [1.165, 1.54) is 0 Å². The van der Waals surface area contributed by atoms with Crippen LogP contribution in [0, 0.1) is 5.92 Å². The number of hydrogen-bond acceptors (Lipinski definition) is 5. The van der Waals surface area contributed by atoms with Crippen molar-refractivity contribution in [1.82, 2.24) is 5.32 Å². The molecule has 1 aromatic heterocycles. The lowest BCUT2D eigenvalue weighted by Crippen LogP contribution is -2.53. The summed E-state index contributed by atoms with van der Waals surface area (Å²) in [6.07, 6.45) is -0.0938. The number of alkyl carbamates (subject to hydrolysis) is 1. The normalized spacial score (nSPS) is 22.2. The molecule has 0 bridgehead atoms. The molecule has 2 unspecified atom stereocenters. The van der Waals surface area contributed by atoms with E-state index in [1.54, 1.807) is 32.1 Å². The fourth-order valence-corrected chi connectivity index (χ4v) is 3.17. The smallest absolute Gasteiger partial charge is 0.407 e. The summed E-state index contributed by atoms with van der Waals surface area (Å²) >= 11 is 1.56. The van der Waals surface area contributed by atoms with Crippen molar-refractivity contribution >= 4 is 29.1 Å². The van der Waals surface area contributed by atoms with Gasteiger partial charge in [0.25, 0.3) is 0 Å². The van der Waals surface area contributed by atoms with Gasteiger partial charge in [-0.3, -0.25) is 4.79 Å². The van der Waals surface area contributed by atoms with Crippen molar-refractivity contribution < 1.29 is 19.4 Å². The molecule has 22 heavy (non-hydrogen) atoms. The van der Waals surface area contributed by atoms with Crippen molar-refractivity contribution in [3.05, 3.63) is 16.8 Å². The third-order valence-electron chi connectivity index (χ3n) is 3.39. The first-order valence-electron chi connectivity index (χ1n) is 7.24. The summed E-state index contributed by atoms with van der Waals surface area (Å²) < 4.78 is 5.25. The number of aliphatic carboxylic acids is 1. The summed E-state index contributed by atoms with van der Waals surface area (Å²) in [5, 5.41) is 16.0. The van der Waals surface area contributed by atoms with Crippen LogP contribution in [-0.4, -0.2) is 41.9 Å². The Labute approximate surface area is 134 Å². The summed E-state index contributed by atoms with van der Waals surface area (Å²) in [6, 6.07) is 1.71. The Morgan fingerprint density at radius 3 is 2.68 bits per heavy atom. The van der Waals surface area contributed by atoms with Crippen LogP contribution >= 0.6 is 11.3 Å². The molecule has 122 valence electrons. The average molecular weight is 326 g/mol. The van der Waals surface area contributed by atoms with Gasteiger partial charge in [-0.15, -0.1) is 0 Å². The second-order valence-corrected chi connectivity index (χ2v) is 7.28. The monoisotopic (exact) mass is 326 g/mol. The Kier molecular flexibility index (Phi) is 4.95. The molecule has 2 heterocycles. The van der Waals surface area contributed by atoms with Gasteiger partial charge in [0.1, 0.15) is 5.60 Å². The van der Waals surface area contributed by atoms with E-state index in [4.69, 9.17) is 4.74 Å². The van der Waals surface area contributed by atoms with Gasteiger partial charge in [0.2, 0.25) is 0 Å². The van der Waals surface area contributed by atoms with Gasteiger partial charge in [0.05, 0.1) is 12.0 Å². The van der Waals surface area contributed by atoms with Crippen LogP contribution in [0.2, 0.25) is 0 Å². The van der Waals surface area contributed by atoms with Crippen LogP contribution in [-0.2, 0) is 9.53 Å². The summed E-state index contributed by atoms with van der Waals surface area (Å²) in [6.45, 7) is 6.43. The van der Waals surface area contributed by atoms with Gasteiger partial charge < -0.3 is 20.1 Å². The number of carbonyl (C=O) groups excluding carboxylic acids is 1. The zero-order chi connectivity index (χ0) is 16.3. The molecule has 1 amide bonds. The minimum Gasteiger partial charge on any atom is -0.481 e. The lowest BCUT2D eigenvalue weighted by atomic mass is 9.94. The van der Waals surface area contributed by atoms with Crippen LogP contribution in [0.15, 0.2) is 16.8 Å². The average Bonchev–Trinajstić information content (AvgIpc) is 2.89. The molecule has 1 fully saturated rings. The maximum absolute atomic E-state index is 11.9. The highest BCUT2D eigenvalue weighted by atomic mass is 32.1. The fourth-order valence-electron chi connectivity index (χ4n) is 2.50. The van der Waals surface area contributed by atoms with Crippen molar-refractivity contribution in [1.29, 1.82) is 0 Å². The van der Waals surface area contributed by atoms with Crippen LogP contribution < -0.4 is 10.2 Å². The summed E-state index contributed by atoms with van der Waals surface area (Å²) in [4.78, 5) is 25.3. The third kappa shape index (κ3) is 4.62. The van der Waals surface area contributed by atoms with Crippen molar-refractivity contribution in [3.8, 4) is 0 Å². The van der Waals surface area contributed by atoms with E-state index in [-0.39, 0.29) is 6.04 Å². The Bertz CT molecular complexity index is 524. The van der Waals surface area contributed by atoms with E-state index < -0.39 is 23.6 Å². The predicted octanol–water partition coefficient (Wildman–Crippen LogP) is 2.55. The molecule has 0 radical (unpaired) electrons. The van der Waals surface area contributed by atoms with Crippen molar-refractivity contribution in [3.63, 3.8) is 0 Å². The number of anilines is 1. The minimum atomic E-state index is -0.837. The molecule has 6 nitrogen and oxygen atoms in total. The van der Waals surface area contributed by atoms with Crippen molar-refractivity contribution in [2.75, 3.05) is 18.0 Å². The number of rotatable bonds is 3. The van der Waals surface area contributed by atoms with E-state index >= 15 is 0 Å². The number of carboxylic acids is 1. The van der Waals surface area contributed by atoms with E-state index in [1.807, 2.05) is 21.7 Å². The predicted molar refractivity (Wildman–Crippen MR) is 85.4 cm³/mol. The lowest BCUT2D eigenvalue weighted by molar-refractivity contribution is -0.142. The van der Waals surface area contributed by atoms with Crippen LogP contribution in [0.1, 0.15) is 27.2 Å². The number of nitrogens with one attached hydrogen (secondary N) is 1. The van der Waals surface area contributed by atoms with E-state index in [0.29, 0.717) is 19.5 Å². The fraction of sp³-hybridized carbons (Fsp3) is 0.600. The summed E-state index contributed by atoms with van der Waals surface area (Å²) in [7, 11) is 0. The highest BCUT2D eigenvalue weighted by molar-refractivity contribution is 7.08. The second-order valence-electron chi connectivity index (χ2n) is 6.50. The molecule has 2 rings (SSSR count). The molecule has 1 aromatic rings. The van der Waals surface area contributed by atoms with Crippen LogP contribution in [0.5, 0.6) is 0 Å². The Hall–Kier alpha value is -1.76. The molecule has 0 saturated carbocycles. The first-order valence-corrected chi connectivity index (χ1v) is 8.18. The molecule has 1 aliphatic heterocycles. The molecule has 2 N–H and O–H groups in total. The number of nitrogens with zero attached hydrogens (tertiary/aromatic N) is 1. The third-order valence-corrected chi connectivity index (χ3v) is 4.06. The van der Waals surface area contributed by atoms with Crippen LogP contribution in [0.25, 0.3) is 0 Å². The number of carboxylic acid groups (broad SMARTS) is 1. The lowest BCUT2D eigenvalue weighted by Gasteiger charge is -2.37. The highest BCUT2D eigenvalue weighted by Crippen LogP contribution is 2.25. The largest absolute Gasteiger partial charge is 0.481 e. The summed E-state index contributed by atoms with van der Waals surface area (Å²) in [5.74, 6) is -1.34. The van der Waals surface area contributed by atoms with Gasteiger partial charge in [0.15, 0.2) is 0 Å². The quantitative estimate of drug-likeness (QED) is 0.892. The Morgan fingerprint density at radius 2 is 2.14 bits per heavy atom. The Morgan fingerprint density at radius 1 is 1.41 bits per heavy atom. The molecular weight excluding hydrogens is 304 g/mol. The molecular formula is C15H22N2O4S. The first kappa shape index (κ1) is 16.6. The Balaban J connectivity index is 2.03. The number of hydrogen-bond donors (Lipinski definition) is 2. The maximum Gasteiger partial charge on any atom is 0.407 e. The highest BCUT2D eigenvalue weighted by Gasteiger charge is 2.33. The minimum absolute atomic E-state index is 0.246. The van der Waals surface area contributed by atoms with Gasteiger partial charge in [-0.2, -0.15) is 11.3 Å². The van der Waals surface area contributed by atoms with E-state index in [0.717, 1.165) is 5.69 Å². The topological polar surface area (TPSA) is 78.9 Å². The van der Waals surface area contributed by atoms with Gasteiger partial charge in [-0.05, 0) is 38.6 Å². The molecule has 0 aliphatic carbocycles.